The molecule has 35 heavy (non-hydrogen) atoms. The van der Waals surface area contributed by atoms with Crippen LogP contribution in [-0.2, 0) is 14.8 Å². The predicted molar refractivity (Wildman–Crippen MR) is 144 cm³/mol. The van der Waals surface area contributed by atoms with Crippen LogP contribution < -0.4 is 9.73 Å². The maximum atomic E-state index is 13.4. The van der Waals surface area contributed by atoms with Crippen molar-refractivity contribution in [1.82, 2.24) is 5.43 Å². The summed E-state index contributed by atoms with van der Waals surface area (Å²) in [6.45, 7) is -0.439. The highest BCUT2D eigenvalue weighted by molar-refractivity contribution is 7.92. The topological polar surface area (TPSA) is 78.8 Å². The minimum absolute atomic E-state index is 0.0736. The molecular weight excluding hydrogens is 505 g/mol. The zero-order valence-electron chi connectivity index (χ0n) is 19.9. The molecule has 0 aromatic heterocycles. The lowest BCUT2D eigenvalue weighted by Crippen LogP contribution is -2.39. The highest BCUT2D eigenvalue weighted by Gasteiger charge is 2.27. The Hall–Kier alpha value is -2.09. The first-order valence-corrected chi connectivity index (χ1v) is 14.4. The molecule has 9 heteroatoms. The molecule has 2 aromatic carbocycles. The van der Waals surface area contributed by atoms with E-state index in [0.29, 0.717) is 5.02 Å². The van der Waals surface area contributed by atoms with Crippen LogP contribution in [0, 0.1) is 0 Å². The van der Waals surface area contributed by atoms with Gasteiger partial charge in [0.2, 0.25) is 0 Å². The first-order chi connectivity index (χ1) is 16.9. The van der Waals surface area contributed by atoms with E-state index in [1.807, 2.05) is 0 Å². The number of benzene rings is 2. The third kappa shape index (κ3) is 8.51. The monoisotopic (exact) mass is 537 g/mol. The van der Waals surface area contributed by atoms with Gasteiger partial charge in [-0.1, -0.05) is 86.3 Å². The van der Waals surface area contributed by atoms with Crippen molar-refractivity contribution in [2.24, 2.45) is 5.10 Å². The van der Waals surface area contributed by atoms with Crippen molar-refractivity contribution in [2.45, 2.75) is 75.5 Å². The Balaban J connectivity index is 1.77. The normalized spacial score (nSPS) is 16.0. The fourth-order valence-electron chi connectivity index (χ4n) is 4.11. The minimum atomic E-state index is -4.03. The molecule has 190 valence electrons. The van der Waals surface area contributed by atoms with Gasteiger partial charge in [-0.3, -0.25) is 9.10 Å². The quantitative estimate of drug-likeness (QED) is 0.404. The van der Waals surface area contributed by atoms with Crippen LogP contribution in [-0.4, -0.2) is 26.6 Å². The molecule has 0 saturated heterocycles. The van der Waals surface area contributed by atoms with Crippen LogP contribution in [0.5, 0.6) is 0 Å². The van der Waals surface area contributed by atoms with Gasteiger partial charge in [0.15, 0.2) is 0 Å². The van der Waals surface area contributed by atoms with Gasteiger partial charge in [0, 0.05) is 5.71 Å². The number of hydrogen-bond donors (Lipinski definition) is 1. The Kier molecular flexibility index (Phi) is 10.9. The van der Waals surface area contributed by atoms with Crippen molar-refractivity contribution < 1.29 is 13.2 Å². The van der Waals surface area contributed by atoms with E-state index >= 15 is 0 Å². The van der Waals surface area contributed by atoms with Crippen LogP contribution >= 0.6 is 23.2 Å². The number of sulfonamides is 1. The Morgan fingerprint density at radius 2 is 1.40 bits per heavy atom. The molecule has 1 N–H and O–H groups in total. The smallest absolute Gasteiger partial charge is 0.264 e. The van der Waals surface area contributed by atoms with Gasteiger partial charge in [0.1, 0.15) is 6.54 Å². The largest absolute Gasteiger partial charge is 0.271 e. The van der Waals surface area contributed by atoms with Gasteiger partial charge < -0.3 is 0 Å². The van der Waals surface area contributed by atoms with Gasteiger partial charge in [-0.2, -0.15) is 5.10 Å². The number of carbonyl (C=O) groups excluding carboxylic acids is 1. The van der Waals surface area contributed by atoms with Crippen LogP contribution in [0.2, 0.25) is 10.0 Å². The first kappa shape index (κ1) is 27.5. The second kappa shape index (κ2) is 13.9. The maximum absolute atomic E-state index is 13.4. The number of halogens is 2. The summed E-state index contributed by atoms with van der Waals surface area (Å²) in [6.07, 6.45) is 12.5. The number of hydrogen-bond acceptors (Lipinski definition) is 4. The van der Waals surface area contributed by atoms with Crippen molar-refractivity contribution in [1.29, 1.82) is 0 Å². The molecule has 1 aliphatic carbocycles. The first-order valence-electron chi connectivity index (χ1n) is 12.2. The molecule has 1 fully saturated rings. The number of hydrazone groups is 1. The fourth-order valence-corrected chi connectivity index (χ4v) is 5.84. The van der Waals surface area contributed by atoms with Gasteiger partial charge in [-0.15, -0.1) is 0 Å². The van der Waals surface area contributed by atoms with Gasteiger partial charge >= 0.3 is 0 Å². The number of anilines is 1. The van der Waals surface area contributed by atoms with E-state index in [1.54, 1.807) is 18.2 Å². The van der Waals surface area contributed by atoms with E-state index in [1.165, 1.54) is 62.4 Å². The van der Waals surface area contributed by atoms with Crippen molar-refractivity contribution in [3.63, 3.8) is 0 Å². The van der Waals surface area contributed by atoms with E-state index < -0.39 is 22.5 Å². The van der Waals surface area contributed by atoms with E-state index in [0.717, 1.165) is 48.5 Å². The van der Waals surface area contributed by atoms with E-state index in [2.05, 4.69) is 10.5 Å². The average molecular weight is 539 g/mol. The second-order valence-electron chi connectivity index (χ2n) is 8.82. The summed E-state index contributed by atoms with van der Waals surface area (Å²) in [7, 11) is -4.03. The van der Waals surface area contributed by atoms with Gasteiger partial charge in [0.25, 0.3) is 15.9 Å². The van der Waals surface area contributed by atoms with Crippen molar-refractivity contribution >= 4 is 50.5 Å². The van der Waals surface area contributed by atoms with E-state index in [4.69, 9.17) is 23.2 Å². The lowest BCUT2D eigenvalue weighted by Gasteiger charge is -2.24. The lowest BCUT2D eigenvalue weighted by atomic mass is 10.00. The molecule has 6 nitrogen and oxygen atoms in total. The Morgan fingerprint density at radius 1 is 0.829 bits per heavy atom. The second-order valence-corrected chi connectivity index (χ2v) is 11.5. The third-order valence-electron chi connectivity index (χ3n) is 6.08. The highest BCUT2D eigenvalue weighted by Crippen LogP contribution is 2.30. The molecule has 0 radical (unpaired) electrons. The molecular formula is C26H33Cl2N3O3S. The standard InChI is InChI=1S/C26H33Cl2N3O3S/c27-24-18-17-22(19-25(24)28)31(35(33,34)23-15-11-8-12-16-23)20-26(32)30-29-21-13-9-6-4-2-1-3-5-7-10-14-21/h8,11-12,15-19H,1-7,9-10,13-14,20H2,(H,30,32). The van der Waals surface area contributed by atoms with Crippen molar-refractivity contribution in [2.75, 3.05) is 10.8 Å². The fraction of sp³-hybridized carbons (Fsp3) is 0.462. The summed E-state index contributed by atoms with van der Waals surface area (Å²) in [6, 6.07) is 12.5. The molecule has 1 aliphatic rings. The summed E-state index contributed by atoms with van der Waals surface area (Å²) in [5.41, 5.74) is 3.81. The SMILES string of the molecule is O=C(CN(c1ccc(Cl)c(Cl)c1)S(=O)(=O)c1ccccc1)NN=C1CCCCCCCCCCC1. The third-order valence-corrected chi connectivity index (χ3v) is 8.61. The van der Waals surface area contributed by atoms with Crippen molar-refractivity contribution in [3.8, 4) is 0 Å². The number of carbonyl (C=O) groups is 1. The summed E-state index contributed by atoms with van der Waals surface area (Å²) in [4.78, 5) is 13.0. The van der Waals surface area contributed by atoms with Crippen LogP contribution in [0.15, 0.2) is 58.5 Å². The molecule has 0 aliphatic heterocycles. The molecule has 0 bridgehead atoms. The maximum Gasteiger partial charge on any atom is 0.264 e. The molecule has 0 heterocycles. The van der Waals surface area contributed by atoms with Gasteiger partial charge in [-0.25, -0.2) is 13.8 Å². The highest BCUT2D eigenvalue weighted by atomic mass is 35.5. The van der Waals surface area contributed by atoms with Gasteiger partial charge in [-0.05, 0) is 56.0 Å². The molecule has 1 saturated carbocycles. The molecule has 0 spiro atoms. The summed E-state index contributed by atoms with van der Waals surface area (Å²) < 4.78 is 27.9. The lowest BCUT2D eigenvalue weighted by molar-refractivity contribution is -0.119. The summed E-state index contributed by atoms with van der Waals surface area (Å²) in [5.74, 6) is -0.519. The van der Waals surface area contributed by atoms with E-state index in [9.17, 15) is 13.2 Å². The minimum Gasteiger partial charge on any atom is -0.271 e. The van der Waals surface area contributed by atoms with Gasteiger partial charge in [0.05, 0.1) is 20.6 Å². The average Bonchev–Trinajstić information content (AvgIpc) is 2.84. The Bertz CT molecular complexity index is 1090. The van der Waals surface area contributed by atoms with E-state index in [-0.39, 0.29) is 15.6 Å². The molecule has 2 aromatic rings. The molecule has 3 rings (SSSR count). The zero-order chi connectivity index (χ0) is 25.1. The Labute approximate surface area is 218 Å². The van der Waals surface area contributed by atoms with Crippen LogP contribution in [0.25, 0.3) is 0 Å². The van der Waals surface area contributed by atoms with Crippen molar-refractivity contribution in [3.05, 3.63) is 58.6 Å². The Morgan fingerprint density at radius 3 is 1.97 bits per heavy atom. The van der Waals surface area contributed by atoms with Crippen LogP contribution in [0.3, 0.4) is 0 Å². The molecule has 1 amide bonds. The summed E-state index contributed by atoms with van der Waals surface area (Å²) in [5, 5.41) is 4.89. The van der Waals surface area contributed by atoms with Crippen LogP contribution in [0.1, 0.15) is 70.6 Å². The summed E-state index contributed by atoms with van der Waals surface area (Å²) >= 11 is 12.2. The zero-order valence-corrected chi connectivity index (χ0v) is 22.2. The number of amides is 1. The molecule has 0 atom stereocenters. The molecule has 0 unspecified atom stereocenters. The van der Waals surface area contributed by atoms with Crippen LogP contribution in [0.4, 0.5) is 5.69 Å². The predicted octanol–water partition coefficient (Wildman–Crippen LogP) is 6.97. The number of rotatable bonds is 6. The number of nitrogens with zero attached hydrogens (tertiary/aromatic N) is 2. The number of nitrogens with one attached hydrogen (secondary N) is 1.